The second kappa shape index (κ2) is 7.16. The summed E-state index contributed by atoms with van der Waals surface area (Å²) in [6.07, 6.45) is 1.46. The van der Waals surface area contributed by atoms with Gasteiger partial charge in [0.15, 0.2) is 0 Å². The molecule has 1 N–H and O–H groups in total. The molecule has 122 valence electrons. The third kappa shape index (κ3) is 3.84. The van der Waals surface area contributed by atoms with Crippen LogP contribution in [0.1, 0.15) is 34.2 Å². The number of likely N-dealkylation sites (tertiary alicyclic amines) is 1. The van der Waals surface area contributed by atoms with Crippen molar-refractivity contribution in [1.29, 1.82) is 0 Å². The SMILES string of the molecule is Cc1ccc(C(c2ccc(Br)cc2)N2CCC(C(=O)O)CC2)s1. The minimum absolute atomic E-state index is 0.193. The van der Waals surface area contributed by atoms with Crippen LogP contribution in [0.25, 0.3) is 0 Å². The summed E-state index contributed by atoms with van der Waals surface area (Å²) in [5, 5.41) is 9.21. The Hall–Kier alpha value is -1.17. The van der Waals surface area contributed by atoms with Gasteiger partial charge in [-0.15, -0.1) is 11.3 Å². The number of thiophene rings is 1. The largest absolute Gasteiger partial charge is 0.481 e. The van der Waals surface area contributed by atoms with Gasteiger partial charge < -0.3 is 5.11 Å². The number of aliphatic carboxylic acids is 1. The first-order valence-corrected chi connectivity index (χ1v) is 9.44. The summed E-state index contributed by atoms with van der Waals surface area (Å²) in [5.74, 6) is -0.848. The first-order valence-electron chi connectivity index (χ1n) is 7.83. The average molecular weight is 394 g/mol. The van der Waals surface area contributed by atoms with Crippen LogP contribution >= 0.6 is 27.3 Å². The van der Waals surface area contributed by atoms with Crippen LogP contribution in [0, 0.1) is 12.8 Å². The summed E-state index contributed by atoms with van der Waals surface area (Å²) < 4.78 is 1.08. The molecule has 0 radical (unpaired) electrons. The summed E-state index contributed by atoms with van der Waals surface area (Å²) in [4.78, 5) is 16.3. The van der Waals surface area contributed by atoms with E-state index in [1.165, 1.54) is 15.3 Å². The standard InChI is InChI=1S/C18H20BrNO2S/c1-12-2-7-16(23-12)17(13-3-5-15(19)6-4-13)20-10-8-14(9-11-20)18(21)22/h2-7,14,17H,8-11H2,1H3,(H,21,22). The lowest BCUT2D eigenvalue weighted by Gasteiger charge is -2.36. The zero-order valence-electron chi connectivity index (χ0n) is 13.0. The van der Waals surface area contributed by atoms with Crippen LogP contribution in [0.3, 0.4) is 0 Å². The first-order chi connectivity index (χ1) is 11.0. The van der Waals surface area contributed by atoms with Gasteiger partial charge in [-0.1, -0.05) is 28.1 Å². The lowest BCUT2D eigenvalue weighted by Crippen LogP contribution is -2.39. The molecule has 1 atom stereocenters. The molecular weight excluding hydrogens is 374 g/mol. The number of piperidine rings is 1. The van der Waals surface area contributed by atoms with Crippen molar-refractivity contribution in [3.8, 4) is 0 Å². The Labute approximate surface area is 149 Å². The molecule has 2 aromatic rings. The number of rotatable bonds is 4. The molecule has 3 rings (SSSR count). The minimum Gasteiger partial charge on any atom is -0.481 e. The normalized spacial score (nSPS) is 18.0. The molecule has 0 amide bonds. The summed E-state index contributed by atoms with van der Waals surface area (Å²) in [6, 6.07) is 13.1. The van der Waals surface area contributed by atoms with Crippen LogP contribution in [-0.2, 0) is 4.79 Å². The predicted molar refractivity (Wildman–Crippen MR) is 97.0 cm³/mol. The Morgan fingerprint density at radius 1 is 1.22 bits per heavy atom. The van der Waals surface area contributed by atoms with Crippen molar-refractivity contribution >= 4 is 33.2 Å². The summed E-state index contributed by atoms with van der Waals surface area (Å²) in [7, 11) is 0. The molecule has 23 heavy (non-hydrogen) atoms. The molecule has 1 aliphatic rings. The van der Waals surface area contributed by atoms with Crippen LogP contribution in [-0.4, -0.2) is 29.1 Å². The van der Waals surface area contributed by atoms with E-state index in [1.54, 1.807) is 0 Å². The highest BCUT2D eigenvalue weighted by Gasteiger charge is 2.30. The third-order valence-electron chi connectivity index (χ3n) is 4.46. The van der Waals surface area contributed by atoms with E-state index in [9.17, 15) is 9.90 Å². The van der Waals surface area contributed by atoms with Crippen molar-refractivity contribution < 1.29 is 9.90 Å². The number of carboxylic acids is 1. The number of aryl methyl sites for hydroxylation is 1. The van der Waals surface area contributed by atoms with E-state index < -0.39 is 5.97 Å². The molecule has 3 nitrogen and oxygen atoms in total. The Morgan fingerprint density at radius 2 is 1.87 bits per heavy atom. The molecule has 0 aliphatic carbocycles. The van der Waals surface area contributed by atoms with Crippen molar-refractivity contribution in [1.82, 2.24) is 4.90 Å². The molecule has 1 aromatic heterocycles. The van der Waals surface area contributed by atoms with Crippen LogP contribution in [0.2, 0.25) is 0 Å². The maximum atomic E-state index is 11.2. The molecule has 1 saturated heterocycles. The number of nitrogens with zero attached hydrogens (tertiary/aromatic N) is 1. The quantitative estimate of drug-likeness (QED) is 0.817. The maximum absolute atomic E-state index is 11.2. The summed E-state index contributed by atoms with van der Waals surface area (Å²) in [6.45, 7) is 3.78. The van der Waals surface area contributed by atoms with E-state index >= 15 is 0 Å². The van der Waals surface area contributed by atoms with Crippen molar-refractivity contribution in [2.75, 3.05) is 13.1 Å². The molecule has 0 spiro atoms. The van der Waals surface area contributed by atoms with Gasteiger partial charge in [0.2, 0.25) is 0 Å². The number of carbonyl (C=O) groups is 1. The van der Waals surface area contributed by atoms with Crippen molar-refractivity contribution in [3.05, 3.63) is 56.2 Å². The van der Waals surface area contributed by atoms with Gasteiger partial charge >= 0.3 is 5.97 Å². The lowest BCUT2D eigenvalue weighted by atomic mass is 9.94. The van der Waals surface area contributed by atoms with Crippen LogP contribution in [0.15, 0.2) is 40.9 Å². The van der Waals surface area contributed by atoms with E-state index in [1.807, 2.05) is 11.3 Å². The molecule has 1 fully saturated rings. The summed E-state index contributed by atoms with van der Waals surface area (Å²) in [5.41, 5.74) is 1.27. The van der Waals surface area contributed by atoms with Crippen LogP contribution in [0.4, 0.5) is 0 Å². The molecule has 2 heterocycles. The van der Waals surface area contributed by atoms with Gasteiger partial charge in [-0.2, -0.15) is 0 Å². The van der Waals surface area contributed by atoms with E-state index in [2.05, 4.69) is 64.2 Å². The molecule has 0 saturated carbocycles. The first kappa shape index (κ1) is 16.7. The van der Waals surface area contributed by atoms with Crippen LogP contribution < -0.4 is 0 Å². The van der Waals surface area contributed by atoms with Gasteiger partial charge in [0.25, 0.3) is 0 Å². The number of hydrogen-bond acceptors (Lipinski definition) is 3. The average Bonchev–Trinajstić information content (AvgIpc) is 2.96. The third-order valence-corrected chi connectivity index (χ3v) is 6.04. The van der Waals surface area contributed by atoms with Gasteiger partial charge in [0.1, 0.15) is 0 Å². The Morgan fingerprint density at radius 3 is 2.39 bits per heavy atom. The van der Waals surface area contributed by atoms with Crippen molar-refractivity contribution in [2.24, 2.45) is 5.92 Å². The Balaban J connectivity index is 1.87. The fourth-order valence-electron chi connectivity index (χ4n) is 3.21. The Kier molecular flexibility index (Phi) is 5.19. The van der Waals surface area contributed by atoms with Crippen molar-refractivity contribution in [2.45, 2.75) is 25.8 Å². The number of benzene rings is 1. The lowest BCUT2D eigenvalue weighted by molar-refractivity contribution is -0.143. The minimum atomic E-state index is -0.656. The topological polar surface area (TPSA) is 40.5 Å². The van der Waals surface area contributed by atoms with E-state index in [-0.39, 0.29) is 12.0 Å². The number of halogens is 1. The molecular formula is C18H20BrNO2S. The zero-order valence-corrected chi connectivity index (χ0v) is 15.4. The number of hydrogen-bond donors (Lipinski definition) is 1. The van der Waals surface area contributed by atoms with Crippen LogP contribution in [0.5, 0.6) is 0 Å². The van der Waals surface area contributed by atoms with Gasteiger partial charge in [-0.3, -0.25) is 9.69 Å². The van der Waals surface area contributed by atoms with Gasteiger partial charge in [-0.25, -0.2) is 0 Å². The summed E-state index contributed by atoms with van der Waals surface area (Å²) >= 11 is 5.32. The molecule has 1 aliphatic heterocycles. The molecule has 0 bridgehead atoms. The van der Waals surface area contributed by atoms with Gasteiger partial charge in [0.05, 0.1) is 12.0 Å². The van der Waals surface area contributed by atoms with E-state index in [0.717, 1.165) is 30.4 Å². The highest BCUT2D eigenvalue weighted by molar-refractivity contribution is 9.10. The Bertz CT molecular complexity index is 675. The van der Waals surface area contributed by atoms with E-state index in [4.69, 9.17) is 0 Å². The molecule has 1 unspecified atom stereocenters. The maximum Gasteiger partial charge on any atom is 0.306 e. The fraction of sp³-hybridized carbons (Fsp3) is 0.389. The monoisotopic (exact) mass is 393 g/mol. The van der Waals surface area contributed by atoms with Crippen molar-refractivity contribution in [3.63, 3.8) is 0 Å². The second-order valence-electron chi connectivity index (χ2n) is 6.05. The zero-order chi connectivity index (χ0) is 16.4. The van der Waals surface area contributed by atoms with E-state index in [0.29, 0.717) is 0 Å². The predicted octanol–water partition coefficient (Wildman–Crippen LogP) is 4.71. The van der Waals surface area contributed by atoms with Gasteiger partial charge in [0, 0.05) is 14.2 Å². The fourth-order valence-corrected chi connectivity index (χ4v) is 4.51. The van der Waals surface area contributed by atoms with Gasteiger partial charge in [-0.05, 0) is 62.7 Å². The molecule has 5 heteroatoms. The number of carboxylic acid groups (broad SMARTS) is 1. The second-order valence-corrected chi connectivity index (χ2v) is 8.29. The highest BCUT2D eigenvalue weighted by atomic mass is 79.9. The molecule has 1 aromatic carbocycles. The highest BCUT2D eigenvalue weighted by Crippen LogP contribution is 2.36. The smallest absolute Gasteiger partial charge is 0.306 e.